The number of hydrogen-bond donors (Lipinski definition) is 1. The van der Waals surface area contributed by atoms with E-state index >= 15 is 0 Å². The van der Waals surface area contributed by atoms with Crippen LogP contribution in [0.15, 0.2) is 12.1 Å². The summed E-state index contributed by atoms with van der Waals surface area (Å²) >= 11 is 0. The molecule has 1 aromatic rings. The van der Waals surface area contributed by atoms with Crippen LogP contribution in [0.4, 0.5) is 0 Å². The molecule has 88 valence electrons. The van der Waals surface area contributed by atoms with E-state index in [1.165, 1.54) is 22.3 Å². The first-order valence-electron chi connectivity index (χ1n) is 6.17. The Bertz CT molecular complexity index is 418. The zero-order chi connectivity index (χ0) is 12.1. The van der Waals surface area contributed by atoms with Crippen molar-refractivity contribution in [3.05, 3.63) is 34.4 Å². The van der Waals surface area contributed by atoms with Crippen molar-refractivity contribution < 1.29 is 0 Å². The second-order valence-electron chi connectivity index (χ2n) is 5.93. The molecule has 0 heterocycles. The lowest BCUT2D eigenvalue weighted by Crippen LogP contribution is -2.05. The fourth-order valence-electron chi connectivity index (χ4n) is 3.12. The van der Waals surface area contributed by atoms with Crippen LogP contribution in [0, 0.1) is 32.1 Å². The summed E-state index contributed by atoms with van der Waals surface area (Å²) in [6.45, 7) is 12.1. The molecule has 2 rings (SSSR count). The van der Waals surface area contributed by atoms with E-state index in [0.29, 0.717) is 17.3 Å². The van der Waals surface area contributed by atoms with Crippen LogP contribution in [0.5, 0.6) is 0 Å². The molecule has 1 saturated carbocycles. The Balaban J connectivity index is 2.40. The second kappa shape index (κ2) is 3.59. The van der Waals surface area contributed by atoms with E-state index in [1.807, 2.05) is 0 Å². The third-order valence-electron chi connectivity index (χ3n) is 4.52. The van der Waals surface area contributed by atoms with E-state index in [0.717, 1.165) is 6.54 Å². The van der Waals surface area contributed by atoms with Crippen molar-refractivity contribution in [2.24, 2.45) is 17.1 Å². The first kappa shape index (κ1) is 11.7. The summed E-state index contributed by atoms with van der Waals surface area (Å²) < 4.78 is 0. The molecular weight excluding hydrogens is 194 g/mol. The van der Waals surface area contributed by atoms with Gasteiger partial charge < -0.3 is 5.73 Å². The summed E-state index contributed by atoms with van der Waals surface area (Å²) in [6, 6.07) is 4.68. The number of aryl methyl sites for hydroxylation is 3. The molecular formula is C15H23N. The van der Waals surface area contributed by atoms with Crippen LogP contribution in [-0.4, -0.2) is 6.54 Å². The van der Waals surface area contributed by atoms with Crippen LogP contribution in [0.2, 0.25) is 0 Å². The molecule has 1 fully saturated rings. The predicted molar refractivity (Wildman–Crippen MR) is 69.7 cm³/mol. The van der Waals surface area contributed by atoms with Gasteiger partial charge in [0.05, 0.1) is 0 Å². The van der Waals surface area contributed by atoms with Gasteiger partial charge in [-0.2, -0.15) is 0 Å². The molecule has 1 aliphatic carbocycles. The molecule has 0 unspecified atom stereocenters. The molecule has 0 radical (unpaired) electrons. The first-order chi connectivity index (χ1) is 7.39. The smallest absolute Gasteiger partial charge is 0.00375 e. The number of nitrogens with two attached hydrogens (primary N) is 1. The molecule has 0 saturated heterocycles. The molecule has 1 aromatic carbocycles. The minimum absolute atomic E-state index is 0.390. The molecule has 0 aromatic heterocycles. The van der Waals surface area contributed by atoms with Crippen molar-refractivity contribution >= 4 is 0 Å². The van der Waals surface area contributed by atoms with Crippen molar-refractivity contribution in [3.63, 3.8) is 0 Å². The van der Waals surface area contributed by atoms with Gasteiger partial charge in [0, 0.05) is 0 Å². The Labute approximate surface area is 99.0 Å². The van der Waals surface area contributed by atoms with Gasteiger partial charge in [-0.25, -0.2) is 0 Å². The van der Waals surface area contributed by atoms with Crippen LogP contribution < -0.4 is 5.73 Å². The minimum Gasteiger partial charge on any atom is -0.330 e. The van der Waals surface area contributed by atoms with E-state index in [2.05, 4.69) is 46.8 Å². The Morgan fingerprint density at radius 1 is 1.06 bits per heavy atom. The van der Waals surface area contributed by atoms with Crippen LogP contribution >= 0.6 is 0 Å². The van der Waals surface area contributed by atoms with E-state index in [4.69, 9.17) is 5.73 Å². The Kier molecular flexibility index (Phi) is 2.62. The van der Waals surface area contributed by atoms with E-state index in [1.54, 1.807) is 0 Å². The lowest BCUT2D eigenvalue weighted by atomic mass is 9.94. The highest BCUT2D eigenvalue weighted by atomic mass is 14.7. The largest absolute Gasteiger partial charge is 0.330 e. The lowest BCUT2D eigenvalue weighted by Gasteiger charge is -2.11. The van der Waals surface area contributed by atoms with Crippen molar-refractivity contribution in [3.8, 4) is 0 Å². The van der Waals surface area contributed by atoms with Gasteiger partial charge in [0.2, 0.25) is 0 Å². The Morgan fingerprint density at radius 3 is 2.12 bits per heavy atom. The molecule has 0 aliphatic heterocycles. The molecule has 2 N–H and O–H groups in total. The maximum atomic E-state index is 5.86. The number of hydrogen-bond acceptors (Lipinski definition) is 1. The molecule has 2 atom stereocenters. The molecule has 0 spiro atoms. The summed E-state index contributed by atoms with van der Waals surface area (Å²) in [4.78, 5) is 0. The topological polar surface area (TPSA) is 26.0 Å². The molecule has 1 nitrogen and oxygen atoms in total. The first-order valence-corrected chi connectivity index (χ1v) is 6.17. The third-order valence-corrected chi connectivity index (χ3v) is 4.52. The van der Waals surface area contributed by atoms with Gasteiger partial charge in [-0.05, 0) is 66.8 Å². The second-order valence-corrected chi connectivity index (χ2v) is 5.93. The number of benzene rings is 1. The minimum atomic E-state index is 0.390. The quantitative estimate of drug-likeness (QED) is 0.808. The Hall–Kier alpha value is -0.820. The van der Waals surface area contributed by atoms with Gasteiger partial charge in [-0.15, -0.1) is 0 Å². The summed E-state index contributed by atoms with van der Waals surface area (Å²) in [6.07, 6.45) is 0. The fourth-order valence-corrected chi connectivity index (χ4v) is 3.12. The predicted octanol–water partition coefficient (Wildman–Crippen LogP) is 3.31. The molecule has 0 amide bonds. The van der Waals surface area contributed by atoms with Gasteiger partial charge >= 0.3 is 0 Å². The zero-order valence-corrected chi connectivity index (χ0v) is 11.1. The van der Waals surface area contributed by atoms with Crippen molar-refractivity contribution in [1.29, 1.82) is 0 Å². The summed E-state index contributed by atoms with van der Waals surface area (Å²) in [7, 11) is 0. The summed E-state index contributed by atoms with van der Waals surface area (Å²) in [5, 5.41) is 0. The highest BCUT2D eigenvalue weighted by Crippen LogP contribution is 2.64. The normalized spacial score (nSPS) is 26.9. The highest BCUT2D eigenvalue weighted by Gasteiger charge is 2.57. The van der Waals surface area contributed by atoms with Gasteiger partial charge in [0.15, 0.2) is 0 Å². The third kappa shape index (κ3) is 1.58. The average Bonchev–Trinajstić information content (AvgIpc) is 2.74. The van der Waals surface area contributed by atoms with Crippen molar-refractivity contribution in [2.45, 2.75) is 40.5 Å². The van der Waals surface area contributed by atoms with Crippen molar-refractivity contribution in [2.75, 3.05) is 6.54 Å². The van der Waals surface area contributed by atoms with E-state index in [9.17, 15) is 0 Å². The summed E-state index contributed by atoms with van der Waals surface area (Å²) in [5.41, 5.74) is 12.0. The maximum absolute atomic E-state index is 5.86. The van der Waals surface area contributed by atoms with Crippen LogP contribution in [0.3, 0.4) is 0 Å². The molecule has 1 aliphatic rings. The fraction of sp³-hybridized carbons (Fsp3) is 0.600. The summed E-state index contributed by atoms with van der Waals surface area (Å²) in [5.74, 6) is 1.32. The van der Waals surface area contributed by atoms with Gasteiger partial charge in [0.25, 0.3) is 0 Å². The monoisotopic (exact) mass is 217 g/mol. The SMILES string of the molecule is Cc1cc(C)c([C@@H]2[C@@H](CN)C2(C)C)cc1C. The lowest BCUT2D eigenvalue weighted by molar-refractivity contribution is 0.558. The zero-order valence-electron chi connectivity index (χ0n) is 11.1. The van der Waals surface area contributed by atoms with E-state index in [-0.39, 0.29) is 0 Å². The highest BCUT2D eigenvalue weighted by molar-refractivity contribution is 5.43. The van der Waals surface area contributed by atoms with E-state index < -0.39 is 0 Å². The average molecular weight is 217 g/mol. The molecule has 0 bridgehead atoms. The van der Waals surface area contributed by atoms with Crippen LogP contribution in [0.1, 0.15) is 42.0 Å². The number of rotatable bonds is 2. The van der Waals surface area contributed by atoms with Crippen LogP contribution in [0.25, 0.3) is 0 Å². The Morgan fingerprint density at radius 2 is 1.62 bits per heavy atom. The van der Waals surface area contributed by atoms with Crippen LogP contribution in [-0.2, 0) is 0 Å². The van der Waals surface area contributed by atoms with Gasteiger partial charge in [-0.1, -0.05) is 26.0 Å². The molecule has 16 heavy (non-hydrogen) atoms. The molecule has 1 heteroatoms. The maximum Gasteiger partial charge on any atom is -0.00375 e. The standard InChI is InChI=1S/C15H23N/c1-9-6-11(3)12(7-10(9)2)14-13(8-16)15(14,4)5/h6-7,13-14H,8,16H2,1-5H3/t13-,14-/m1/s1. The van der Waals surface area contributed by atoms with Crippen molar-refractivity contribution in [1.82, 2.24) is 0 Å². The van der Waals surface area contributed by atoms with Gasteiger partial charge in [-0.3, -0.25) is 0 Å². The van der Waals surface area contributed by atoms with Gasteiger partial charge in [0.1, 0.15) is 0 Å².